The largest absolute Gasteiger partial charge is 0.469 e. The number of benzene rings is 1. The van der Waals surface area contributed by atoms with Crippen LogP contribution in [0, 0.1) is 12.8 Å². The summed E-state index contributed by atoms with van der Waals surface area (Å²) in [5.41, 5.74) is 1.87. The molecule has 1 fully saturated rings. The van der Waals surface area contributed by atoms with Gasteiger partial charge in [-0.25, -0.2) is 0 Å². The molecule has 1 atom stereocenters. The van der Waals surface area contributed by atoms with E-state index in [1.54, 1.807) is 0 Å². The van der Waals surface area contributed by atoms with Crippen LogP contribution < -0.4 is 5.32 Å². The number of anilines is 1. The Bertz CT molecular complexity index is 502. The van der Waals surface area contributed by atoms with Gasteiger partial charge in [0.15, 0.2) is 0 Å². The van der Waals surface area contributed by atoms with Crippen molar-refractivity contribution in [2.75, 3.05) is 32.1 Å². The van der Waals surface area contributed by atoms with Gasteiger partial charge in [0.1, 0.15) is 0 Å². The average Bonchev–Trinajstić information content (AvgIpc) is 2.89. The first-order valence-electron chi connectivity index (χ1n) is 6.76. The smallest absolute Gasteiger partial charge is 0.310 e. The molecule has 1 aromatic rings. The molecule has 0 radical (unpaired) electrons. The maximum absolute atomic E-state index is 12.0. The van der Waals surface area contributed by atoms with E-state index in [9.17, 15) is 9.59 Å². The lowest BCUT2D eigenvalue weighted by atomic mass is 10.1. The highest BCUT2D eigenvalue weighted by molar-refractivity contribution is 5.93. The molecule has 108 valence electrons. The second kappa shape index (κ2) is 6.52. The van der Waals surface area contributed by atoms with Crippen LogP contribution in [-0.4, -0.2) is 43.5 Å². The van der Waals surface area contributed by atoms with Crippen LogP contribution in [0.5, 0.6) is 0 Å². The highest BCUT2D eigenvalue weighted by Crippen LogP contribution is 2.18. The Hall–Kier alpha value is -1.88. The topological polar surface area (TPSA) is 58.6 Å². The van der Waals surface area contributed by atoms with Crippen LogP contribution in [-0.2, 0) is 14.3 Å². The normalized spacial score (nSPS) is 18.8. The van der Waals surface area contributed by atoms with E-state index in [1.165, 1.54) is 7.11 Å². The number of ether oxygens (including phenoxy) is 1. The van der Waals surface area contributed by atoms with Gasteiger partial charge in [0.05, 0.1) is 19.6 Å². The van der Waals surface area contributed by atoms with Crippen LogP contribution in [0.25, 0.3) is 0 Å². The number of para-hydroxylation sites is 1. The summed E-state index contributed by atoms with van der Waals surface area (Å²) in [6.45, 7) is 3.61. The molecule has 1 aliphatic heterocycles. The van der Waals surface area contributed by atoms with E-state index in [1.807, 2.05) is 36.1 Å². The fraction of sp³-hybridized carbons (Fsp3) is 0.467. The third-order valence-corrected chi connectivity index (χ3v) is 3.59. The Morgan fingerprint density at radius 3 is 2.85 bits per heavy atom. The zero-order chi connectivity index (χ0) is 14.5. The van der Waals surface area contributed by atoms with Crippen LogP contribution in [0.2, 0.25) is 0 Å². The van der Waals surface area contributed by atoms with Gasteiger partial charge < -0.3 is 10.1 Å². The first-order valence-corrected chi connectivity index (χ1v) is 6.76. The van der Waals surface area contributed by atoms with Crippen LogP contribution in [0.15, 0.2) is 24.3 Å². The number of esters is 1. The molecule has 0 bridgehead atoms. The molecule has 2 rings (SSSR count). The first-order chi connectivity index (χ1) is 9.60. The lowest BCUT2D eigenvalue weighted by Crippen LogP contribution is -2.32. The van der Waals surface area contributed by atoms with Crippen molar-refractivity contribution in [1.82, 2.24) is 4.90 Å². The van der Waals surface area contributed by atoms with Gasteiger partial charge in [-0.15, -0.1) is 0 Å². The van der Waals surface area contributed by atoms with Crippen molar-refractivity contribution in [2.45, 2.75) is 13.3 Å². The van der Waals surface area contributed by atoms with Gasteiger partial charge in [-0.05, 0) is 31.5 Å². The number of carbonyl (C=O) groups is 2. The predicted molar refractivity (Wildman–Crippen MR) is 76.4 cm³/mol. The SMILES string of the molecule is COC(=O)C1CCN(CC(=O)Nc2ccccc2C)C1. The molecule has 0 spiro atoms. The standard InChI is InChI=1S/C15H20N2O3/c1-11-5-3-4-6-13(11)16-14(18)10-17-8-7-12(9-17)15(19)20-2/h3-6,12H,7-10H2,1-2H3,(H,16,18). The summed E-state index contributed by atoms with van der Waals surface area (Å²) < 4.78 is 4.73. The van der Waals surface area contributed by atoms with Gasteiger partial charge >= 0.3 is 5.97 Å². The van der Waals surface area contributed by atoms with Crippen molar-refractivity contribution in [3.05, 3.63) is 29.8 Å². The number of hydrogen-bond donors (Lipinski definition) is 1. The molecule has 0 aromatic heterocycles. The summed E-state index contributed by atoms with van der Waals surface area (Å²) in [6.07, 6.45) is 0.754. The number of methoxy groups -OCH3 is 1. The van der Waals surface area contributed by atoms with Gasteiger partial charge in [-0.1, -0.05) is 18.2 Å². The minimum Gasteiger partial charge on any atom is -0.469 e. The van der Waals surface area contributed by atoms with Gasteiger partial charge in [0.2, 0.25) is 5.91 Å². The van der Waals surface area contributed by atoms with Gasteiger partial charge in [0, 0.05) is 12.2 Å². The summed E-state index contributed by atoms with van der Waals surface area (Å²) in [7, 11) is 1.40. The number of nitrogens with zero attached hydrogens (tertiary/aromatic N) is 1. The van der Waals surface area contributed by atoms with E-state index in [0.717, 1.165) is 24.2 Å². The summed E-state index contributed by atoms with van der Waals surface area (Å²) in [4.78, 5) is 25.4. The highest BCUT2D eigenvalue weighted by Gasteiger charge is 2.29. The quantitative estimate of drug-likeness (QED) is 0.845. The van der Waals surface area contributed by atoms with Gasteiger partial charge in [-0.2, -0.15) is 0 Å². The minimum atomic E-state index is -0.188. The third kappa shape index (κ3) is 3.57. The van der Waals surface area contributed by atoms with Gasteiger partial charge in [-0.3, -0.25) is 14.5 Å². The lowest BCUT2D eigenvalue weighted by molar-refractivity contribution is -0.145. The number of likely N-dealkylation sites (tertiary alicyclic amines) is 1. The fourth-order valence-electron chi connectivity index (χ4n) is 2.44. The number of rotatable bonds is 4. The van der Waals surface area contributed by atoms with Crippen LogP contribution >= 0.6 is 0 Å². The second-order valence-electron chi connectivity index (χ2n) is 5.11. The molecular weight excluding hydrogens is 256 g/mol. The zero-order valence-corrected chi connectivity index (χ0v) is 11.9. The molecule has 20 heavy (non-hydrogen) atoms. The van der Waals surface area contributed by atoms with Crippen molar-refractivity contribution in [2.24, 2.45) is 5.92 Å². The average molecular weight is 276 g/mol. The Morgan fingerprint density at radius 1 is 1.40 bits per heavy atom. The van der Waals surface area contributed by atoms with Gasteiger partial charge in [0.25, 0.3) is 0 Å². The molecule has 1 N–H and O–H groups in total. The van der Waals surface area contributed by atoms with E-state index < -0.39 is 0 Å². The van der Waals surface area contributed by atoms with E-state index in [-0.39, 0.29) is 17.8 Å². The second-order valence-corrected chi connectivity index (χ2v) is 5.11. The van der Waals surface area contributed by atoms with Crippen molar-refractivity contribution in [3.63, 3.8) is 0 Å². The predicted octanol–water partition coefficient (Wildman–Crippen LogP) is 1.43. The number of carbonyl (C=O) groups excluding carboxylic acids is 2. The lowest BCUT2D eigenvalue weighted by Gasteiger charge is -2.15. The van der Waals surface area contributed by atoms with E-state index in [4.69, 9.17) is 4.74 Å². The van der Waals surface area contributed by atoms with E-state index >= 15 is 0 Å². The number of hydrogen-bond acceptors (Lipinski definition) is 4. The Labute approximate surface area is 118 Å². The molecule has 0 saturated carbocycles. The third-order valence-electron chi connectivity index (χ3n) is 3.59. The van der Waals surface area contributed by atoms with E-state index in [2.05, 4.69) is 5.32 Å². The maximum Gasteiger partial charge on any atom is 0.310 e. The monoisotopic (exact) mass is 276 g/mol. The zero-order valence-electron chi connectivity index (χ0n) is 11.9. The molecule has 1 amide bonds. The molecule has 1 saturated heterocycles. The Kier molecular flexibility index (Phi) is 4.74. The van der Waals surface area contributed by atoms with Crippen LogP contribution in [0.4, 0.5) is 5.69 Å². The van der Waals surface area contributed by atoms with Crippen LogP contribution in [0.1, 0.15) is 12.0 Å². The highest BCUT2D eigenvalue weighted by atomic mass is 16.5. The molecule has 5 heteroatoms. The van der Waals surface area contributed by atoms with Crippen molar-refractivity contribution < 1.29 is 14.3 Å². The molecule has 1 aromatic carbocycles. The molecule has 1 heterocycles. The minimum absolute atomic E-state index is 0.0511. The van der Waals surface area contributed by atoms with Crippen molar-refractivity contribution in [1.29, 1.82) is 0 Å². The van der Waals surface area contributed by atoms with Crippen LogP contribution in [0.3, 0.4) is 0 Å². The Morgan fingerprint density at radius 2 is 2.15 bits per heavy atom. The molecule has 0 aliphatic carbocycles. The number of aryl methyl sites for hydroxylation is 1. The summed E-state index contributed by atoms with van der Waals surface area (Å²) in [5, 5.41) is 2.90. The molecular formula is C15H20N2O3. The molecule has 1 unspecified atom stereocenters. The maximum atomic E-state index is 12.0. The summed E-state index contributed by atoms with van der Waals surface area (Å²) in [6, 6.07) is 7.67. The van der Waals surface area contributed by atoms with E-state index in [0.29, 0.717) is 13.1 Å². The molecule has 5 nitrogen and oxygen atoms in total. The number of amides is 1. The van der Waals surface area contributed by atoms with Crippen molar-refractivity contribution >= 4 is 17.6 Å². The first kappa shape index (κ1) is 14.5. The summed E-state index contributed by atoms with van der Waals surface area (Å²) in [5.74, 6) is -0.345. The number of nitrogens with one attached hydrogen (secondary N) is 1. The Balaban J connectivity index is 1.84. The fourth-order valence-corrected chi connectivity index (χ4v) is 2.44. The summed E-state index contributed by atoms with van der Waals surface area (Å²) >= 11 is 0. The molecule has 1 aliphatic rings. The van der Waals surface area contributed by atoms with Crippen molar-refractivity contribution in [3.8, 4) is 0 Å².